The van der Waals surface area contributed by atoms with Gasteiger partial charge in [0.05, 0.1) is 5.41 Å². The SMILES string of the molecule is CC(C)c1cccc(-c2ccc(CC(=O)C3(c4ccc5c(c4)OCO5)CC3)nc2)c1. The minimum Gasteiger partial charge on any atom is -0.454 e. The largest absolute Gasteiger partial charge is 0.454 e. The van der Waals surface area contributed by atoms with Gasteiger partial charge in [0, 0.05) is 23.9 Å². The van der Waals surface area contributed by atoms with E-state index in [1.165, 1.54) is 5.56 Å². The molecule has 1 saturated carbocycles. The molecule has 1 fully saturated rings. The molecule has 4 heteroatoms. The number of Topliss-reactive ketones (excluding diaryl/α,β-unsaturated/α-hetero) is 1. The van der Waals surface area contributed by atoms with Crippen LogP contribution in [0.25, 0.3) is 11.1 Å². The summed E-state index contributed by atoms with van der Waals surface area (Å²) in [5.74, 6) is 2.20. The van der Waals surface area contributed by atoms with Gasteiger partial charge in [-0.2, -0.15) is 0 Å². The number of benzene rings is 2. The van der Waals surface area contributed by atoms with Crippen molar-refractivity contribution >= 4 is 5.78 Å². The molecular weight excluding hydrogens is 374 g/mol. The molecule has 2 heterocycles. The molecule has 2 aromatic carbocycles. The van der Waals surface area contributed by atoms with Gasteiger partial charge in [0.2, 0.25) is 6.79 Å². The Bertz CT molecular complexity index is 1100. The number of nitrogens with zero attached hydrogens (tertiary/aromatic N) is 1. The molecule has 2 aliphatic rings. The summed E-state index contributed by atoms with van der Waals surface area (Å²) < 4.78 is 10.9. The molecule has 0 atom stereocenters. The number of ether oxygens (including phenoxy) is 2. The van der Waals surface area contributed by atoms with Crippen LogP contribution in [0.5, 0.6) is 11.5 Å². The van der Waals surface area contributed by atoms with E-state index < -0.39 is 5.41 Å². The van der Waals surface area contributed by atoms with Crippen molar-refractivity contribution in [3.63, 3.8) is 0 Å². The van der Waals surface area contributed by atoms with Crippen molar-refractivity contribution in [1.29, 1.82) is 0 Å². The predicted molar refractivity (Wildman–Crippen MR) is 116 cm³/mol. The number of hydrogen-bond donors (Lipinski definition) is 0. The number of carbonyl (C=O) groups is 1. The highest BCUT2D eigenvalue weighted by molar-refractivity contribution is 5.94. The number of carbonyl (C=O) groups excluding carboxylic acids is 1. The Kier molecular flexibility index (Phi) is 4.58. The lowest BCUT2D eigenvalue weighted by atomic mass is 9.88. The summed E-state index contributed by atoms with van der Waals surface area (Å²) in [5, 5.41) is 0. The Balaban J connectivity index is 1.33. The fourth-order valence-electron chi connectivity index (χ4n) is 4.16. The first-order chi connectivity index (χ1) is 14.5. The molecule has 0 spiro atoms. The lowest BCUT2D eigenvalue weighted by Gasteiger charge is -2.15. The Morgan fingerprint density at radius 3 is 2.57 bits per heavy atom. The summed E-state index contributed by atoms with van der Waals surface area (Å²) in [7, 11) is 0. The van der Waals surface area contributed by atoms with E-state index in [2.05, 4.69) is 49.2 Å². The Morgan fingerprint density at radius 1 is 1.00 bits per heavy atom. The van der Waals surface area contributed by atoms with Crippen LogP contribution in [-0.4, -0.2) is 17.6 Å². The summed E-state index contributed by atoms with van der Waals surface area (Å²) in [6, 6.07) is 18.5. The van der Waals surface area contributed by atoms with E-state index in [0.29, 0.717) is 12.3 Å². The highest BCUT2D eigenvalue weighted by Crippen LogP contribution is 2.51. The van der Waals surface area contributed by atoms with Crippen molar-refractivity contribution in [1.82, 2.24) is 4.98 Å². The van der Waals surface area contributed by atoms with E-state index in [4.69, 9.17) is 9.47 Å². The Labute approximate surface area is 176 Å². The molecule has 0 bridgehead atoms. The average Bonchev–Trinajstić information content (AvgIpc) is 3.45. The maximum absolute atomic E-state index is 13.2. The molecular formula is C26H25NO3. The number of rotatable bonds is 6. The molecule has 5 rings (SSSR count). The van der Waals surface area contributed by atoms with Gasteiger partial charge in [0.15, 0.2) is 11.5 Å². The van der Waals surface area contributed by atoms with Gasteiger partial charge >= 0.3 is 0 Å². The summed E-state index contributed by atoms with van der Waals surface area (Å²) in [4.78, 5) is 17.8. The van der Waals surface area contributed by atoms with Crippen molar-refractivity contribution in [3.8, 4) is 22.6 Å². The van der Waals surface area contributed by atoms with Gasteiger partial charge in [-0.05, 0) is 53.6 Å². The van der Waals surface area contributed by atoms with E-state index in [1.807, 2.05) is 30.5 Å². The standard InChI is InChI=1S/C26H25NO3/c1-17(2)18-4-3-5-19(12-18)20-6-8-22(27-15-20)14-25(28)26(10-11-26)21-7-9-23-24(13-21)30-16-29-23/h3-9,12-13,15,17H,10-11,14,16H2,1-2H3. The minimum atomic E-state index is -0.396. The predicted octanol–water partition coefficient (Wildman–Crippen LogP) is 5.44. The van der Waals surface area contributed by atoms with Crippen LogP contribution in [0.1, 0.15) is 49.4 Å². The molecule has 0 saturated heterocycles. The van der Waals surface area contributed by atoms with E-state index in [1.54, 1.807) is 0 Å². The first-order valence-corrected chi connectivity index (χ1v) is 10.5. The molecule has 1 aliphatic carbocycles. The van der Waals surface area contributed by atoms with Crippen molar-refractivity contribution in [2.45, 2.75) is 44.4 Å². The molecule has 3 aromatic rings. The van der Waals surface area contributed by atoms with Crippen molar-refractivity contribution in [3.05, 3.63) is 77.6 Å². The summed E-state index contributed by atoms with van der Waals surface area (Å²) in [5.41, 5.74) is 4.99. The van der Waals surface area contributed by atoms with E-state index in [0.717, 1.165) is 46.7 Å². The smallest absolute Gasteiger partial charge is 0.231 e. The molecule has 0 amide bonds. The van der Waals surface area contributed by atoms with Crippen LogP contribution in [0.3, 0.4) is 0 Å². The zero-order chi connectivity index (χ0) is 20.7. The summed E-state index contributed by atoms with van der Waals surface area (Å²) >= 11 is 0. The monoisotopic (exact) mass is 399 g/mol. The number of ketones is 1. The minimum absolute atomic E-state index is 0.225. The highest BCUT2D eigenvalue weighted by atomic mass is 16.7. The molecule has 30 heavy (non-hydrogen) atoms. The molecule has 152 valence electrons. The molecule has 1 aliphatic heterocycles. The van der Waals surface area contributed by atoms with Crippen LogP contribution >= 0.6 is 0 Å². The third-order valence-corrected chi connectivity index (χ3v) is 6.26. The van der Waals surface area contributed by atoms with Gasteiger partial charge in [0.25, 0.3) is 0 Å². The summed E-state index contributed by atoms with van der Waals surface area (Å²) in [6.07, 6.45) is 3.99. The van der Waals surface area contributed by atoms with Crippen LogP contribution in [0, 0.1) is 0 Å². The second-order valence-corrected chi connectivity index (χ2v) is 8.57. The topological polar surface area (TPSA) is 48.4 Å². The lowest BCUT2D eigenvalue weighted by molar-refractivity contribution is -0.120. The average molecular weight is 399 g/mol. The second-order valence-electron chi connectivity index (χ2n) is 8.57. The maximum atomic E-state index is 13.2. The van der Waals surface area contributed by atoms with Crippen LogP contribution < -0.4 is 9.47 Å². The van der Waals surface area contributed by atoms with Gasteiger partial charge in [-0.25, -0.2) is 0 Å². The summed E-state index contributed by atoms with van der Waals surface area (Å²) in [6.45, 7) is 4.63. The number of hydrogen-bond acceptors (Lipinski definition) is 4. The third-order valence-electron chi connectivity index (χ3n) is 6.26. The van der Waals surface area contributed by atoms with Gasteiger partial charge < -0.3 is 9.47 Å². The maximum Gasteiger partial charge on any atom is 0.231 e. The first kappa shape index (κ1) is 18.9. The Hall–Kier alpha value is -3.14. The fourth-order valence-corrected chi connectivity index (χ4v) is 4.16. The second kappa shape index (κ2) is 7.28. The highest BCUT2D eigenvalue weighted by Gasteiger charge is 2.50. The van der Waals surface area contributed by atoms with Gasteiger partial charge in [-0.15, -0.1) is 0 Å². The molecule has 0 radical (unpaired) electrons. The molecule has 1 aromatic heterocycles. The number of aromatic nitrogens is 1. The molecule has 0 N–H and O–H groups in total. The van der Waals surface area contributed by atoms with Gasteiger partial charge in [-0.3, -0.25) is 9.78 Å². The van der Waals surface area contributed by atoms with Gasteiger partial charge in [0.1, 0.15) is 5.78 Å². The van der Waals surface area contributed by atoms with Crippen LogP contribution in [-0.2, 0) is 16.6 Å². The third kappa shape index (κ3) is 3.36. The van der Waals surface area contributed by atoms with Crippen molar-refractivity contribution in [2.24, 2.45) is 0 Å². The van der Waals surface area contributed by atoms with E-state index in [-0.39, 0.29) is 12.6 Å². The lowest BCUT2D eigenvalue weighted by Crippen LogP contribution is -2.22. The van der Waals surface area contributed by atoms with E-state index in [9.17, 15) is 4.79 Å². The van der Waals surface area contributed by atoms with Crippen molar-refractivity contribution < 1.29 is 14.3 Å². The normalized spacial score (nSPS) is 16.0. The van der Waals surface area contributed by atoms with Gasteiger partial charge in [-0.1, -0.05) is 50.2 Å². The zero-order valence-electron chi connectivity index (χ0n) is 17.4. The van der Waals surface area contributed by atoms with Crippen LogP contribution in [0.2, 0.25) is 0 Å². The first-order valence-electron chi connectivity index (χ1n) is 10.5. The Morgan fingerprint density at radius 2 is 1.83 bits per heavy atom. The van der Waals surface area contributed by atoms with E-state index >= 15 is 0 Å². The van der Waals surface area contributed by atoms with Crippen LogP contribution in [0.15, 0.2) is 60.8 Å². The zero-order valence-corrected chi connectivity index (χ0v) is 17.4. The quantitative estimate of drug-likeness (QED) is 0.553. The van der Waals surface area contributed by atoms with Crippen molar-refractivity contribution in [2.75, 3.05) is 6.79 Å². The molecule has 0 unspecified atom stereocenters. The number of fused-ring (bicyclic) bond motifs is 1. The molecule has 4 nitrogen and oxygen atoms in total. The van der Waals surface area contributed by atoms with Crippen LogP contribution in [0.4, 0.5) is 0 Å². The fraction of sp³-hybridized carbons (Fsp3) is 0.308. The number of pyridine rings is 1.